The Morgan fingerprint density at radius 1 is 1.28 bits per heavy atom. The van der Waals surface area contributed by atoms with E-state index < -0.39 is 12.3 Å². The van der Waals surface area contributed by atoms with Crippen LogP contribution in [0.4, 0.5) is 24.7 Å². The van der Waals surface area contributed by atoms with Gasteiger partial charge in [-0.05, 0) is 43.5 Å². The third kappa shape index (κ3) is 5.61. The van der Waals surface area contributed by atoms with E-state index in [1.54, 1.807) is 20.0 Å². The van der Waals surface area contributed by atoms with Gasteiger partial charge in [-0.1, -0.05) is 6.58 Å². The summed E-state index contributed by atoms with van der Waals surface area (Å²) in [6.07, 6.45) is -3.35. The van der Waals surface area contributed by atoms with Crippen LogP contribution in [0.2, 0.25) is 0 Å². The monoisotopic (exact) mass is 408 g/mol. The highest BCUT2D eigenvalue weighted by atomic mass is 19.4. The van der Waals surface area contributed by atoms with E-state index in [9.17, 15) is 18.0 Å². The zero-order valence-corrected chi connectivity index (χ0v) is 15.6. The molecule has 0 aliphatic carbocycles. The highest BCUT2D eigenvalue weighted by Gasteiger charge is 2.31. The first-order chi connectivity index (χ1) is 13.5. The predicted molar refractivity (Wildman–Crippen MR) is 104 cm³/mol. The highest BCUT2D eigenvalue weighted by Crippen LogP contribution is 2.27. The largest absolute Gasteiger partial charge is 0.573 e. The summed E-state index contributed by atoms with van der Waals surface area (Å²) < 4.78 is 42.1. The minimum Gasteiger partial charge on any atom is -0.406 e. The Labute approximate surface area is 164 Å². The van der Waals surface area contributed by atoms with Gasteiger partial charge in [-0.3, -0.25) is 9.79 Å². The molecule has 0 aliphatic heterocycles. The molecule has 29 heavy (non-hydrogen) atoms. The molecule has 1 amide bonds. The molecule has 11 heteroatoms. The fraction of sp³-hybridized carbons (Fsp3) is 0.167. The lowest BCUT2D eigenvalue weighted by Gasteiger charge is -2.09. The Morgan fingerprint density at radius 3 is 2.41 bits per heavy atom. The van der Waals surface area contributed by atoms with E-state index in [-0.39, 0.29) is 17.4 Å². The number of aliphatic imine (C=N–C) groups is 2. The number of benzene rings is 1. The van der Waals surface area contributed by atoms with Gasteiger partial charge in [0, 0.05) is 18.3 Å². The van der Waals surface area contributed by atoms with Crippen molar-refractivity contribution in [2.45, 2.75) is 13.3 Å². The van der Waals surface area contributed by atoms with Crippen LogP contribution in [0.15, 0.2) is 53.1 Å². The number of carbonyl (C=O) groups excluding carboxylic acids is 1. The Morgan fingerprint density at radius 2 is 1.90 bits per heavy atom. The van der Waals surface area contributed by atoms with Gasteiger partial charge in [-0.25, -0.2) is 0 Å². The number of nitrogens with two attached hydrogens (primary N) is 2. The molecule has 8 nitrogen and oxygen atoms in total. The number of hydrogen-bond donors (Lipinski definition) is 3. The van der Waals surface area contributed by atoms with Crippen LogP contribution in [0.5, 0.6) is 5.75 Å². The Hall–Kier alpha value is -3.76. The SMILES string of the molecule is C=CNc1c(C(C)=Nc2ccc(OC(F)(F)F)cc2)cc(C(=O)N=C(N)N)n1C. The van der Waals surface area contributed by atoms with Crippen LogP contribution in [0.3, 0.4) is 0 Å². The number of nitrogens with zero attached hydrogens (tertiary/aromatic N) is 3. The van der Waals surface area contributed by atoms with Gasteiger partial charge in [-0.2, -0.15) is 4.99 Å². The van der Waals surface area contributed by atoms with E-state index in [1.807, 2.05) is 0 Å². The van der Waals surface area contributed by atoms with Crippen LogP contribution in [-0.2, 0) is 7.05 Å². The van der Waals surface area contributed by atoms with E-state index in [2.05, 4.69) is 26.6 Å². The minimum absolute atomic E-state index is 0.196. The van der Waals surface area contributed by atoms with Crippen LogP contribution in [0.1, 0.15) is 23.0 Å². The summed E-state index contributed by atoms with van der Waals surface area (Å²) in [6.45, 7) is 5.28. The Balaban J connectivity index is 2.40. The number of nitrogens with one attached hydrogen (secondary N) is 1. The number of halogens is 3. The van der Waals surface area contributed by atoms with Crippen molar-refractivity contribution in [3.63, 3.8) is 0 Å². The van der Waals surface area contributed by atoms with Crippen LogP contribution in [0, 0.1) is 0 Å². The number of ether oxygens (including phenoxy) is 1. The minimum atomic E-state index is -4.77. The van der Waals surface area contributed by atoms with Crippen LogP contribution in [0.25, 0.3) is 0 Å². The fourth-order valence-corrected chi connectivity index (χ4v) is 2.51. The molecule has 5 N–H and O–H groups in total. The summed E-state index contributed by atoms with van der Waals surface area (Å²) in [4.78, 5) is 20.1. The second-order valence-corrected chi connectivity index (χ2v) is 5.78. The van der Waals surface area contributed by atoms with Crippen molar-refractivity contribution in [1.29, 1.82) is 0 Å². The van der Waals surface area contributed by atoms with Crippen molar-refractivity contribution in [3.8, 4) is 5.75 Å². The molecule has 0 spiro atoms. The zero-order chi connectivity index (χ0) is 21.8. The van der Waals surface area contributed by atoms with E-state index in [4.69, 9.17) is 11.5 Å². The molecular formula is C18H19F3N6O2. The number of carbonyl (C=O) groups is 1. The molecule has 0 bridgehead atoms. The van der Waals surface area contributed by atoms with E-state index in [0.717, 1.165) is 12.1 Å². The quantitative estimate of drug-likeness (QED) is 0.501. The van der Waals surface area contributed by atoms with Gasteiger partial charge >= 0.3 is 6.36 Å². The lowest BCUT2D eigenvalue weighted by Crippen LogP contribution is -2.24. The van der Waals surface area contributed by atoms with Crippen molar-refractivity contribution < 1.29 is 22.7 Å². The smallest absolute Gasteiger partial charge is 0.406 e. The van der Waals surface area contributed by atoms with Gasteiger partial charge in [0.1, 0.15) is 17.3 Å². The van der Waals surface area contributed by atoms with Crippen molar-refractivity contribution in [2.24, 2.45) is 28.5 Å². The molecule has 0 saturated carbocycles. The molecule has 154 valence electrons. The molecule has 2 aromatic rings. The number of anilines is 1. The second-order valence-electron chi connectivity index (χ2n) is 5.78. The molecule has 1 heterocycles. The number of aromatic nitrogens is 1. The first kappa shape index (κ1) is 21.5. The molecule has 0 fully saturated rings. The molecule has 0 unspecified atom stereocenters. The molecule has 0 aliphatic rings. The molecule has 0 atom stereocenters. The molecule has 1 aromatic heterocycles. The highest BCUT2D eigenvalue weighted by molar-refractivity contribution is 6.08. The lowest BCUT2D eigenvalue weighted by molar-refractivity contribution is -0.274. The predicted octanol–water partition coefficient (Wildman–Crippen LogP) is 3.03. The fourth-order valence-electron chi connectivity index (χ4n) is 2.51. The van der Waals surface area contributed by atoms with Crippen molar-refractivity contribution in [1.82, 2.24) is 4.57 Å². The van der Waals surface area contributed by atoms with Crippen molar-refractivity contribution in [2.75, 3.05) is 5.32 Å². The first-order valence-corrected chi connectivity index (χ1v) is 8.14. The Bertz CT molecular complexity index is 971. The number of hydrogen-bond acceptors (Lipinski definition) is 4. The topological polar surface area (TPSA) is 120 Å². The van der Waals surface area contributed by atoms with Gasteiger partial charge in [0.2, 0.25) is 0 Å². The van der Waals surface area contributed by atoms with Gasteiger partial charge in [0.25, 0.3) is 5.91 Å². The summed E-state index contributed by atoms with van der Waals surface area (Å²) >= 11 is 0. The lowest BCUT2D eigenvalue weighted by atomic mass is 10.2. The maximum absolute atomic E-state index is 12.3. The average Bonchev–Trinajstić information content (AvgIpc) is 2.92. The third-order valence-electron chi connectivity index (χ3n) is 3.68. The van der Waals surface area contributed by atoms with Crippen LogP contribution in [-0.4, -0.2) is 28.5 Å². The molecule has 0 saturated heterocycles. The van der Waals surface area contributed by atoms with Gasteiger partial charge in [0.15, 0.2) is 5.96 Å². The summed E-state index contributed by atoms with van der Waals surface area (Å²) in [5.74, 6) is -0.866. The van der Waals surface area contributed by atoms with Crippen LogP contribution >= 0.6 is 0 Å². The van der Waals surface area contributed by atoms with Gasteiger partial charge < -0.3 is 26.1 Å². The number of guanidine groups is 1. The van der Waals surface area contributed by atoms with Crippen molar-refractivity contribution >= 4 is 29.1 Å². The maximum atomic E-state index is 12.3. The van der Waals surface area contributed by atoms with Crippen molar-refractivity contribution in [3.05, 3.63) is 54.4 Å². The zero-order valence-electron chi connectivity index (χ0n) is 15.6. The standard InChI is InChI=1S/C18H19F3N6O2/c1-4-24-15-13(9-14(27(15)3)16(28)26-17(22)23)10(2)25-11-5-7-12(8-6-11)29-18(19,20)21/h4-9,24H,1H2,2-3H3,(H4,22,23,26,28). The molecule has 2 rings (SSSR count). The normalized spacial score (nSPS) is 11.7. The van der Waals surface area contributed by atoms with Gasteiger partial charge in [-0.15, -0.1) is 13.2 Å². The summed E-state index contributed by atoms with van der Waals surface area (Å²) in [5.41, 5.74) is 12.1. The number of alkyl halides is 3. The number of rotatable bonds is 6. The van der Waals surface area contributed by atoms with E-state index in [1.165, 1.54) is 22.9 Å². The number of amides is 1. The summed E-state index contributed by atoms with van der Waals surface area (Å²) in [6, 6.07) is 6.60. The molecular weight excluding hydrogens is 389 g/mol. The second kappa shape index (κ2) is 8.50. The maximum Gasteiger partial charge on any atom is 0.573 e. The van der Waals surface area contributed by atoms with Crippen LogP contribution < -0.4 is 21.5 Å². The summed E-state index contributed by atoms with van der Waals surface area (Å²) in [7, 11) is 1.63. The summed E-state index contributed by atoms with van der Waals surface area (Å²) in [5, 5.41) is 2.91. The third-order valence-corrected chi connectivity index (χ3v) is 3.68. The van der Waals surface area contributed by atoms with E-state index in [0.29, 0.717) is 22.8 Å². The Kier molecular flexibility index (Phi) is 6.32. The first-order valence-electron chi connectivity index (χ1n) is 8.14. The van der Waals surface area contributed by atoms with E-state index >= 15 is 0 Å². The average molecular weight is 408 g/mol. The van der Waals surface area contributed by atoms with Gasteiger partial charge in [0.05, 0.1) is 5.69 Å². The molecule has 0 radical (unpaired) electrons. The molecule has 1 aromatic carbocycles.